The Bertz CT molecular complexity index is 631. The number of phenols is 1. The van der Waals surface area contributed by atoms with Crippen LogP contribution in [0.3, 0.4) is 0 Å². The van der Waals surface area contributed by atoms with E-state index in [9.17, 15) is 5.11 Å². The lowest BCUT2D eigenvalue weighted by Crippen LogP contribution is -2.03. The SMILES string of the molecule is OCCc1cn2c(n1)C[C@H](c1c(O)ccc(Cl)c1Cl)C2. The van der Waals surface area contributed by atoms with Gasteiger partial charge in [0.05, 0.1) is 15.7 Å². The number of halogens is 2. The fourth-order valence-electron chi connectivity index (χ4n) is 2.73. The fraction of sp³-hybridized carbons (Fsp3) is 0.357. The van der Waals surface area contributed by atoms with Crippen LogP contribution in [0.5, 0.6) is 5.75 Å². The van der Waals surface area contributed by atoms with Gasteiger partial charge in [-0.15, -0.1) is 0 Å². The van der Waals surface area contributed by atoms with Crippen LogP contribution in [0.15, 0.2) is 18.3 Å². The second kappa shape index (κ2) is 5.28. The van der Waals surface area contributed by atoms with Crippen molar-refractivity contribution >= 4 is 23.2 Å². The normalized spacial score (nSPS) is 17.4. The molecule has 1 aliphatic rings. The summed E-state index contributed by atoms with van der Waals surface area (Å²) in [6, 6.07) is 3.16. The van der Waals surface area contributed by atoms with Crippen LogP contribution in [0, 0.1) is 0 Å². The monoisotopic (exact) mass is 312 g/mol. The van der Waals surface area contributed by atoms with Crippen molar-refractivity contribution in [2.75, 3.05) is 6.61 Å². The Morgan fingerprint density at radius 2 is 2.15 bits per heavy atom. The number of rotatable bonds is 3. The summed E-state index contributed by atoms with van der Waals surface area (Å²) >= 11 is 12.2. The van der Waals surface area contributed by atoms with Crippen LogP contribution in [0.2, 0.25) is 10.0 Å². The Morgan fingerprint density at radius 3 is 2.85 bits per heavy atom. The van der Waals surface area contributed by atoms with Gasteiger partial charge in [0.25, 0.3) is 0 Å². The Morgan fingerprint density at radius 1 is 1.35 bits per heavy atom. The van der Waals surface area contributed by atoms with Crippen molar-refractivity contribution in [2.45, 2.75) is 25.3 Å². The van der Waals surface area contributed by atoms with Gasteiger partial charge < -0.3 is 14.8 Å². The van der Waals surface area contributed by atoms with Gasteiger partial charge >= 0.3 is 0 Å². The smallest absolute Gasteiger partial charge is 0.120 e. The quantitative estimate of drug-likeness (QED) is 0.916. The van der Waals surface area contributed by atoms with Gasteiger partial charge in [0.15, 0.2) is 0 Å². The number of phenolic OH excluding ortho intramolecular Hbond substituents is 1. The molecule has 2 aromatic rings. The predicted octanol–water partition coefficient (Wildman–Crippen LogP) is 2.77. The molecule has 2 heterocycles. The lowest BCUT2D eigenvalue weighted by Gasteiger charge is -2.14. The first-order chi connectivity index (χ1) is 9.60. The van der Waals surface area contributed by atoms with Crippen LogP contribution in [0.25, 0.3) is 0 Å². The first kappa shape index (κ1) is 13.7. The number of nitrogens with zero attached hydrogens (tertiary/aromatic N) is 2. The van der Waals surface area contributed by atoms with E-state index in [1.807, 2.05) is 10.8 Å². The third-order valence-corrected chi connectivity index (χ3v) is 4.46. The first-order valence-corrected chi connectivity index (χ1v) is 7.18. The highest BCUT2D eigenvalue weighted by molar-refractivity contribution is 6.42. The number of aliphatic hydroxyl groups excluding tert-OH is 1. The number of hydrogen-bond acceptors (Lipinski definition) is 3. The standard InChI is InChI=1S/C14H14Cl2N2O2/c15-10-1-2-11(20)13(14(10)16)8-5-12-17-9(3-4-19)7-18(12)6-8/h1-2,7-8,19-20H,3-6H2/t8-/m0/s1. The first-order valence-electron chi connectivity index (χ1n) is 6.42. The average molecular weight is 313 g/mol. The van der Waals surface area contributed by atoms with E-state index >= 15 is 0 Å². The summed E-state index contributed by atoms with van der Waals surface area (Å²) in [6.45, 7) is 0.808. The molecule has 106 valence electrons. The van der Waals surface area contributed by atoms with Crippen LogP contribution < -0.4 is 0 Å². The molecule has 0 unspecified atom stereocenters. The fourth-order valence-corrected chi connectivity index (χ4v) is 3.21. The van der Waals surface area contributed by atoms with Crippen molar-refractivity contribution in [3.63, 3.8) is 0 Å². The molecule has 1 aliphatic heterocycles. The van der Waals surface area contributed by atoms with E-state index < -0.39 is 0 Å². The minimum atomic E-state index is 0.0758. The van der Waals surface area contributed by atoms with E-state index in [0.29, 0.717) is 35.0 Å². The number of benzene rings is 1. The molecule has 0 saturated heterocycles. The van der Waals surface area contributed by atoms with E-state index in [4.69, 9.17) is 28.3 Å². The van der Waals surface area contributed by atoms with Crippen molar-refractivity contribution in [3.05, 3.63) is 45.5 Å². The molecule has 4 nitrogen and oxygen atoms in total. The molecule has 0 spiro atoms. The van der Waals surface area contributed by atoms with Gasteiger partial charge in [-0.2, -0.15) is 0 Å². The van der Waals surface area contributed by atoms with Gasteiger partial charge in [-0.1, -0.05) is 23.2 Å². The number of fused-ring (bicyclic) bond motifs is 1. The van der Waals surface area contributed by atoms with Crippen LogP contribution in [-0.2, 0) is 19.4 Å². The zero-order valence-corrected chi connectivity index (χ0v) is 12.2. The van der Waals surface area contributed by atoms with Gasteiger partial charge in [-0.25, -0.2) is 4.98 Å². The van der Waals surface area contributed by atoms with Gasteiger partial charge in [-0.05, 0) is 12.1 Å². The van der Waals surface area contributed by atoms with E-state index in [2.05, 4.69) is 4.98 Å². The molecule has 3 rings (SSSR count). The molecule has 1 aromatic carbocycles. The largest absolute Gasteiger partial charge is 0.508 e. The van der Waals surface area contributed by atoms with Gasteiger partial charge in [0, 0.05) is 43.7 Å². The number of aromatic nitrogens is 2. The van der Waals surface area contributed by atoms with Crippen molar-refractivity contribution in [1.82, 2.24) is 9.55 Å². The Kier molecular flexibility index (Phi) is 3.63. The Balaban J connectivity index is 1.89. The highest BCUT2D eigenvalue weighted by Crippen LogP contribution is 2.41. The third kappa shape index (κ3) is 2.28. The summed E-state index contributed by atoms with van der Waals surface area (Å²) < 4.78 is 2.05. The maximum Gasteiger partial charge on any atom is 0.120 e. The zero-order chi connectivity index (χ0) is 14.3. The summed E-state index contributed by atoms with van der Waals surface area (Å²) in [5.74, 6) is 1.20. The highest BCUT2D eigenvalue weighted by Gasteiger charge is 2.29. The highest BCUT2D eigenvalue weighted by atomic mass is 35.5. The molecular formula is C14H14Cl2N2O2. The minimum Gasteiger partial charge on any atom is -0.508 e. The molecule has 0 aliphatic carbocycles. The summed E-state index contributed by atoms with van der Waals surface area (Å²) in [5, 5.41) is 19.8. The Hall–Kier alpha value is -1.23. The van der Waals surface area contributed by atoms with Crippen LogP contribution in [0.4, 0.5) is 0 Å². The summed E-state index contributed by atoms with van der Waals surface area (Å²) in [4.78, 5) is 4.48. The predicted molar refractivity (Wildman–Crippen MR) is 77.6 cm³/mol. The Labute approximate surface area is 126 Å². The number of hydrogen-bond donors (Lipinski definition) is 2. The van der Waals surface area contributed by atoms with E-state index in [-0.39, 0.29) is 18.3 Å². The summed E-state index contributed by atoms with van der Waals surface area (Å²) in [5.41, 5.74) is 1.58. The van der Waals surface area contributed by atoms with Gasteiger partial charge in [0.2, 0.25) is 0 Å². The molecule has 0 amide bonds. The zero-order valence-electron chi connectivity index (χ0n) is 10.7. The maximum absolute atomic E-state index is 10.0. The number of aliphatic hydroxyl groups is 1. The second-order valence-electron chi connectivity index (χ2n) is 4.97. The third-order valence-electron chi connectivity index (χ3n) is 3.64. The maximum atomic E-state index is 10.0. The molecule has 0 bridgehead atoms. The molecule has 1 atom stereocenters. The number of aromatic hydroxyl groups is 1. The molecular weight excluding hydrogens is 299 g/mol. The van der Waals surface area contributed by atoms with Crippen molar-refractivity contribution in [1.29, 1.82) is 0 Å². The summed E-state index contributed by atoms with van der Waals surface area (Å²) in [7, 11) is 0. The molecule has 0 saturated carbocycles. The molecule has 0 fully saturated rings. The average Bonchev–Trinajstić information content (AvgIpc) is 2.93. The summed E-state index contributed by atoms with van der Waals surface area (Å²) in [6.07, 6.45) is 3.22. The minimum absolute atomic E-state index is 0.0758. The lowest BCUT2D eigenvalue weighted by molar-refractivity contribution is 0.298. The van der Waals surface area contributed by atoms with E-state index in [0.717, 1.165) is 11.5 Å². The van der Waals surface area contributed by atoms with Crippen LogP contribution in [-0.4, -0.2) is 26.4 Å². The molecule has 0 radical (unpaired) electrons. The van der Waals surface area contributed by atoms with Crippen molar-refractivity contribution in [3.8, 4) is 5.75 Å². The molecule has 6 heteroatoms. The topological polar surface area (TPSA) is 58.3 Å². The number of imidazole rings is 1. The molecule has 1 aromatic heterocycles. The van der Waals surface area contributed by atoms with E-state index in [1.165, 1.54) is 0 Å². The van der Waals surface area contributed by atoms with Crippen molar-refractivity contribution < 1.29 is 10.2 Å². The van der Waals surface area contributed by atoms with Gasteiger partial charge in [0.1, 0.15) is 11.6 Å². The van der Waals surface area contributed by atoms with Crippen LogP contribution >= 0.6 is 23.2 Å². The van der Waals surface area contributed by atoms with Crippen LogP contribution in [0.1, 0.15) is 23.0 Å². The molecule has 20 heavy (non-hydrogen) atoms. The lowest BCUT2D eigenvalue weighted by atomic mass is 9.96. The van der Waals surface area contributed by atoms with E-state index in [1.54, 1.807) is 12.1 Å². The van der Waals surface area contributed by atoms with Gasteiger partial charge in [-0.3, -0.25) is 0 Å². The second-order valence-corrected chi connectivity index (χ2v) is 5.75. The van der Waals surface area contributed by atoms with Crippen molar-refractivity contribution in [2.24, 2.45) is 0 Å². The molecule has 2 N–H and O–H groups in total.